The normalized spacial score (nSPS) is 13.7. The van der Waals surface area contributed by atoms with Gasteiger partial charge in [-0.25, -0.2) is 4.98 Å². The van der Waals surface area contributed by atoms with Gasteiger partial charge in [-0.2, -0.15) is 121 Å². The predicted octanol–water partition coefficient (Wildman–Crippen LogP) is 19.8. The Balaban J connectivity index is -0.000000846. The quantitative estimate of drug-likeness (QED) is 0.0216. The molecule has 2 aromatic rings. The summed E-state index contributed by atoms with van der Waals surface area (Å²) in [7, 11) is 1.55. The lowest BCUT2D eigenvalue weighted by molar-refractivity contribution is -0.138. The van der Waals surface area contributed by atoms with E-state index in [9.17, 15) is 71.9 Å². The van der Waals surface area contributed by atoms with Crippen molar-refractivity contribution >= 4 is 281 Å². The van der Waals surface area contributed by atoms with Crippen molar-refractivity contribution in [2.75, 3.05) is 118 Å². The van der Waals surface area contributed by atoms with Crippen molar-refractivity contribution in [3.8, 4) is 5.88 Å². The van der Waals surface area contributed by atoms with E-state index in [4.69, 9.17) is 67.9 Å². The Bertz CT molecular complexity index is 3820. The minimum atomic E-state index is -0.808. The van der Waals surface area contributed by atoms with Crippen molar-refractivity contribution in [3.63, 3.8) is 0 Å². The zero-order chi connectivity index (χ0) is 112. The summed E-state index contributed by atoms with van der Waals surface area (Å²) in [5.41, 5.74) is 17.4. The first kappa shape index (κ1) is 151. The molecule has 0 aliphatic carbocycles. The minimum absolute atomic E-state index is 0.0476. The van der Waals surface area contributed by atoms with E-state index in [-0.39, 0.29) is 100 Å². The average Bonchev–Trinajstić information content (AvgIpc) is 0.903. The number of unbranched alkanes of at least 4 members (excludes halogenated alkanes) is 8. The van der Waals surface area contributed by atoms with E-state index in [0.29, 0.717) is 113 Å². The van der Waals surface area contributed by atoms with Crippen LogP contribution in [0.25, 0.3) is 0 Å². The van der Waals surface area contributed by atoms with Crippen LogP contribution in [0.3, 0.4) is 0 Å². The van der Waals surface area contributed by atoms with Gasteiger partial charge < -0.3 is 83.8 Å². The molecule has 149 heavy (non-hydrogen) atoms. The number of nitrogens with one attached hydrogen (secondary N) is 3. The van der Waals surface area contributed by atoms with Gasteiger partial charge >= 0.3 is 53.7 Å². The van der Waals surface area contributed by atoms with Gasteiger partial charge in [0.15, 0.2) is 0 Å². The van der Waals surface area contributed by atoms with Crippen molar-refractivity contribution in [3.05, 3.63) is 53.5 Å². The largest absolute Gasteiger partial charge is 0.481 e. The molecule has 0 aromatic carbocycles. The van der Waals surface area contributed by atoms with Crippen LogP contribution in [0.4, 0.5) is 0 Å². The fourth-order valence-electron chi connectivity index (χ4n) is 13.6. The van der Waals surface area contributed by atoms with Crippen LogP contribution in [0.1, 0.15) is 306 Å². The summed E-state index contributed by atoms with van der Waals surface area (Å²) >= 11 is 37.7. The molecule has 6 amide bonds. The number of primary amides is 3. The molecule has 1 saturated heterocycles. The smallest absolute Gasteiger partial charge is 0.313 e. The zero-order valence-corrected chi connectivity index (χ0v) is 101. The monoisotopic (exact) mass is 2400 g/mol. The molecule has 0 saturated carbocycles. The van der Waals surface area contributed by atoms with Crippen LogP contribution < -0.4 is 37.9 Å². The Labute approximate surface area is 958 Å². The maximum absolute atomic E-state index is 12.2. The average molecular weight is 2400 g/mol. The summed E-state index contributed by atoms with van der Waals surface area (Å²) in [5, 5.41) is 89.7. The lowest BCUT2D eigenvalue weighted by Crippen LogP contribution is -2.29. The summed E-state index contributed by atoms with van der Waals surface area (Å²) in [6.07, 6.45) is 37.3. The van der Waals surface area contributed by atoms with E-state index in [1.807, 2.05) is 76.6 Å². The highest BCUT2D eigenvalue weighted by atomic mass is 32.2. The Hall–Kier alpha value is -4.25. The predicted molar refractivity (Wildman–Crippen MR) is 643 cm³/mol. The second-order valence-corrected chi connectivity index (χ2v) is 52.0. The third-order valence-electron chi connectivity index (χ3n) is 21.4. The number of thioether (sulfide) groups is 12. The van der Waals surface area contributed by atoms with Crippen molar-refractivity contribution in [2.45, 2.75) is 344 Å². The molecule has 1 aliphatic rings. The van der Waals surface area contributed by atoms with Gasteiger partial charge in [0, 0.05) is 131 Å². The topological polar surface area (TPSA) is 587 Å². The number of rotatable bonds is 88. The highest BCUT2D eigenvalue weighted by Crippen LogP contribution is 2.40. The molecule has 3 rings (SSSR count). The van der Waals surface area contributed by atoms with Crippen LogP contribution in [-0.4, -0.2) is 309 Å². The minimum Gasteiger partial charge on any atom is -0.481 e. The Morgan fingerprint density at radius 2 is 0.705 bits per heavy atom. The van der Waals surface area contributed by atoms with Gasteiger partial charge in [-0.15, -0.1) is 70.6 Å². The van der Waals surface area contributed by atoms with E-state index in [1.54, 1.807) is 37.2 Å². The molecular formula is C100H174N8O25S16. The number of carboxylic acid groups (broad SMARTS) is 9. The molecule has 860 valence electrons. The number of aliphatic carboxylic acids is 9. The second-order valence-electron chi connectivity index (χ2n) is 34.1. The number of amides is 6. The van der Waals surface area contributed by atoms with Crippen molar-refractivity contribution in [1.82, 2.24) is 25.9 Å². The summed E-state index contributed by atoms with van der Waals surface area (Å²) in [4.78, 5) is 171. The molecule has 9 atom stereocenters. The number of hydrogen-bond acceptors (Lipinski definition) is 34. The number of methoxy groups -OCH3 is 1. The lowest BCUT2D eigenvalue weighted by Gasteiger charge is -2.28. The molecular weight excluding hydrogens is 2230 g/mol. The number of thiol groups is 4. The lowest BCUT2D eigenvalue weighted by atomic mass is 10.1. The van der Waals surface area contributed by atoms with Crippen LogP contribution in [0.15, 0.2) is 36.7 Å². The number of ether oxygens (including phenoxy) is 1. The third kappa shape index (κ3) is 109. The van der Waals surface area contributed by atoms with Crippen molar-refractivity contribution in [2.24, 2.45) is 17.2 Å². The van der Waals surface area contributed by atoms with E-state index >= 15 is 0 Å². The Kier molecular flexibility index (Phi) is 109. The van der Waals surface area contributed by atoms with Crippen LogP contribution in [0.5, 0.6) is 5.88 Å². The van der Waals surface area contributed by atoms with E-state index in [0.717, 1.165) is 229 Å². The number of carbonyl (C=O) groups excluding carboxylic acids is 6. The van der Waals surface area contributed by atoms with Gasteiger partial charge in [-0.1, -0.05) is 84.3 Å². The maximum Gasteiger partial charge on any atom is 0.313 e. The van der Waals surface area contributed by atoms with Gasteiger partial charge in [0.1, 0.15) is 5.69 Å². The number of nitrogens with two attached hydrogens (primary N) is 3. The van der Waals surface area contributed by atoms with Crippen LogP contribution in [0.2, 0.25) is 0 Å². The molecule has 49 heteroatoms. The molecule has 1 aliphatic heterocycles. The van der Waals surface area contributed by atoms with Crippen LogP contribution in [-0.2, 0) is 80.2 Å². The molecule has 0 radical (unpaired) electrons. The van der Waals surface area contributed by atoms with Crippen LogP contribution >= 0.6 is 192 Å². The summed E-state index contributed by atoms with van der Waals surface area (Å²) in [6, 6.07) is 6.80. The van der Waals surface area contributed by atoms with Gasteiger partial charge in [0.2, 0.25) is 35.4 Å². The zero-order valence-electron chi connectivity index (χ0n) is 87.7. The fraction of sp³-hybridized carbons (Fsp3) is 0.750. The molecule has 9 unspecified atom stereocenters. The standard InChI is InChI=1S/C21H37NO5S4.C19H28N4O5S2.C19H29N3O5S2.C12H24O2S2.C10H18O4S2.C10H20O2S2.C9H18O2S2/c23-18(15-30-16(10-13-28)5-1-3-7-19(24)25)22-12-9-21-29-14-11-17(31-21)6-2-4-8-20(26)27;20-16(24)11-30-14(3-1-2-4-18(26)27)7-8-29-12-17(25)23-10-13-5-6-15(19(21)28)22-9-13;1-27-18-7-6-14(11-22-18)10-21-17(24)13-28-9-8-15(29-12-16(20)23)4-2-3-5-19(25)26;1-3-15-10-9-11(16-4-2)7-5-6-8-12(13)14;11-9(12)4-2-1-3-8(5-6-15)16-7-10(13)14;1-2-14-9(7-8-13)5-3-4-6-10(11)12;1-13-8(6-7-12)4-2-3-5-9(10)11/h16-17,21,28H,1-15H2,(H,22,23)(H,24,25)(H,26,27);5-6,9,14H,1-4,7-8,10-12H2,(H2,20,24)(H2,21,28)(H,23,25)(H,26,27);6-7,11,15H,2-5,8-10,12-13H2,1H3,(H2,20,23)(H,21,24)(H,25,26);11H,3-10H2,1-2H3,(H,13,14);8,15H,1-7H2,(H,11,12)(H,13,14);9,13H,2-8H2,1H3,(H,11,12);8,12H,2-7H2,1H3,(H,10,11). The van der Waals surface area contributed by atoms with Crippen molar-refractivity contribution in [1.29, 1.82) is 0 Å². The summed E-state index contributed by atoms with van der Waals surface area (Å²) in [5.74, 6) is 4.89. The second kappa shape index (κ2) is 108. The number of aromatic nitrogens is 2. The fourth-order valence-corrected chi connectivity index (χ4v) is 29.0. The number of hydrogen-bond donors (Lipinski definition) is 19. The molecule has 2 aromatic heterocycles. The molecule has 1 fully saturated rings. The molecule has 0 bridgehead atoms. The van der Waals surface area contributed by atoms with E-state index < -0.39 is 59.6 Å². The Morgan fingerprint density at radius 3 is 1.03 bits per heavy atom. The number of carbonyl (C=O) groups is 15. The number of pyridine rings is 2. The summed E-state index contributed by atoms with van der Waals surface area (Å²) in [6.45, 7) is 7.96. The molecule has 33 nitrogen and oxygen atoms in total. The van der Waals surface area contributed by atoms with Crippen LogP contribution in [0, 0.1) is 0 Å². The highest BCUT2D eigenvalue weighted by molar-refractivity contribution is 8.17. The number of nitrogens with zero attached hydrogens (tertiary/aromatic N) is 2. The molecule has 18 N–H and O–H groups in total. The summed E-state index contributed by atoms with van der Waals surface area (Å²) < 4.78 is 5.49. The molecule has 3 heterocycles. The molecule has 0 spiro atoms. The maximum atomic E-state index is 12.2. The first-order valence-electron chi connectivity index (χ1n) is 51.0. The first-order valence-corrected chi connectivity index (χ1v) is 66.5. The SMILES string of the molecule is CCSC(CCS)CCCCC(=O)O.CCSCCC(CCCCC(=O)O)SCC.COc1ccc(CNC(=O)CSCCC(CCCCC(=O)O)SCC(N)=O)cn1.CSC(CCS)CCCCC(=O)O.NC(=O)CSC(CCCCC(=O)O)CCSCC(=O)NCc1ccc(C(N)=O)nc1.O=C(O)CCCCC(CCS)SCC(=O)NCCC1SCCC(CCCCC(=O)O)S1.O=C(O)CCCCC(CCS)SCC(=O)O. The van der Waals surface area contributed by atoms with Crippen molar-refractivity contribution < 1.29 is 123 Å². The first-order chi connectivity index (χ1) is 71.2. The van der Waals surface area contributed by atoms with E-state index in [1.165, 1.54) is 108 Å². The van der Waals surface area contributed by atoms with E-state index in [2.05, 4.69) is 103 Å². The van der Waals surface area contributed by atoms with Gasteiger partial charge in [0.05, 0.1) is 46.2 Å². The third-order valence-corrected chi connectivity index (χ3v) is 37.7. The highest BCUT2D eigenvalue weighted by Gasteiger charge is 2.25. The van der Waals surface area contributed by atoms with Gasteiger partial charge in [-0.05, 0) is 247 Å². The number of carboxylic acids is 9. The Morgan fingerprint density at radius 1 is 0.376 bits per heavy atom. The van der Waals surface area contributed by atoms with Gasteiger partial charge in [0.25, 0.3) is 5.91 Å². The van der Waals surface area contributed by atoms with Gasteiger partial charge in [-0.3, -0.25) is 76.9 Å².